The van der Waals surface area contributed by atoms with Crippen molar-refractivity contribution in [2.45, 2.75) is 6.18 Å². The number of anilines is 2. The molecule has 1 aromatic carbocycles. The number of nitrogens with zero attached hydrogens (tertiary/aromatic N) is 2. The van der Waals surface area contributed by atoms with Crippen LogP contribution in [0.3, 0.4) is 0 Å². The molecule has 0 aliphatic heterocycles. The van der Waals surface area contributed by atoms with Crippen LogP contribution in [0.4, 0.5) is 24.7 Å². The van der Waals surface area contributed by atoms with Gasteiger partial charge >= 0.3 is 6.18 Å². The summed E-state index contributed by atoms with van der Waals surface area (Å²) in [5.41, 5.74) is -1.45. The number of hydrogen-bond acceptors (Lipinski definition) is 4. The molecular weight excluding hydrogens is 465 g/mol. The van der Waals surface area contributed by atoms with Crippen LogP contribution in [0.5, 0.6) is 0 Å². The van der Waals surface area contributed by atoms with E-state index < -0.39 is 29.2 Å². The Balaban J connectivity index is 1.92. The lowest BCUT2D eigenvalue weighted by molar-refractivity contribution is -0.137. The largest absolute Gasteiger partial charge is 0.418 e. The molecule has 2 amide bonds. The van der Waals surface area contributed by atoms with Gasteiger partial charge in [-0.2, -0.15) is 13.2 Å². The maximum absolute atomic E-state index is 13.1. The Kier molecular flexibility index (Phi) is 7.39. The fraction of sp³-hybridized carbons (Fsp3) is 0.235. The van der Waals surface area contributed by atoms with E-state index in [0.717, 1.165) is 16.6 Å². The summed E-state index contributed by atoms with van der Waals surface area (Å²) < 4.78 is 39.9. The second-order valence-corrected chi connectivity index (χ2v) is 7.17. The number of carbonyl (C=O) groups excluding carboxylic acids is 2. The highest BCUT2D eigenvalue weighted by Crippen LogP contribution is 2.36. The van der Waals surface area contributed by atoms with Crippen molar-refractivity contribution in [1.29, 1.82) is 0 Å². The van der Waals surface area contributed by atoms with E-state index in [9.17, 15) is 22.8 Å². The highest BCUT2D eigenvalue weighted by molar-refractivity contribution is 9.10. The lowest BCUT2D eigenvalue weighted by Gasteiger charge is -2.18. The Hall–Kier alpha value is -2.17. The number of halogens is 5. The molecule has 11 heteroatoms. The third-order valence-electron chi connectivity index (χ3n) is 3.38. The quantitative estimate of drug-likeness (QED) is 0.656. The van der Waals surface area contributed by atoms with Crippen molar-refractivity contribution < 1.29 is 22.8 Å². The summed E-state index contributed by atoms with van der Waals surface area (Å²) in [6.07, 6.45) is -3.16. The van der Waals surface area contributed by atoms with Gasteiger partial charge < -0.3 is 10.6 Å². The van der Waals surface area contributed by atoms with E-state index >= 15 is 0 Å². The summed E-state index contributed by atoms with van der Waals surface area (Å²) in [6, 6.07) is 6.35. The lowest BCUT2D eigenvalue weighted by atomic mass is 10.1. The number of aromatic nitrogens is 1. The second-order valence-electron chi connectivity index (χ2n) is 5.82. The van der Waals surface area contributed by atoms with Crippen LogP contribution in [0.25, 0.3) is 0 Å². The molecule has 0 saturated carbocycles. The Morgan fingerprint density at radius 1 is 1.14 bits per heavy atom. The minimum absolute atomic E-state index is 0.0966. The molecule has 2 N–H and O–H groups in total. The average Bonchev–Trinajstić information content (AvgIpc) is 2.57. The van der Waals surface area contributed by atoms with Crippen molar-refractivity contribution in [3.8, 4) is 0 Å². The molecular formula is C17H15BrClF3N4O2. The number of amides is 2. The molecule has 150 valence electrons. The number of rotatable bonds is 6. The third kappa shape index (κ3) is 6.77. The van der Waals surface area contributed by atoms with E-state index in [1.54, 1.807) is 12.1 Å². The molecule has 2 rings (SSSR count). The highest BCUT2D eigenvalue weighted by atomic mass is 79.9. The monoisotopic (exact) mass is 478 g/mol. The molecule has 0 atom stereocenters. The van der Waals surface area contributed by atoms with Gasteiger partial charge in [-0.05, 0) is 53.3 Å². The summed E-state index contributed by atoms with van der Waals surface area (Å²) in [6.45, 7) is -0.445. The van der Waals surface area contributed by atoms with Crippen LogP contribution in [0.1, 0.15) is 5.56 Å². The zero-order chi connectivity index (χ0) is 20.9. The van der Waals surface area contributed by atoms with Crippen LogP contribution < -0.4 is 10.6 Å². The molecule has 1 heterocycles. The number of nitrogens with one attached hydrogen (secondary N) is 2. The van der Waals surface area contributed by atoms with Gasteiger partial charge in [0.25, 0.3) is 0 Å². The first kappa shape index (κ1) is 22.1. The van der Waals surface area contributed by atoms with Crippen LogP contribution in [0.15, 0.2) is 41.0 Å². The normalized spacial score (nSPS) is 11.4. The second kappa shape index (κ2) is 9.35. The topological polar surface area (TPSA) is 74.3 Å². The zero-order valence-corrected chi connectivity index (χ0v) is 16.8. The Morgan fingerprint density at radius 2 is 1.79 bits per heavy atom. The van der Waals surface area contributed by atoms with E-state index in [-0.39, 0.29) is 18.1 Å². The van der Waals surface area contributed by atoms with Crippen molar-refractivity contribution in [3.05, 3.63) is 51.6 Å². The van der Waals surface area contributed by atoms with Gasteiger partial charge in [-0.15, -0.1) is 0 Å². The molecule has 2 aromatic rings. The summed E-state index contributed by atoms with van der Waals surface area (Å²) in [4.78, 5) is 29.4. The zero-order valence-electron chi connectivity index (χ0n) is 14.5. The summed E-state index contributed by atoms with van der Waals surface area (Å²) in [7, 11) is 1.49. The standard InChI is InChI=1S/C17H15BrClF3N4O2/c1-26(9-16(28)25-14-5-2-10(18)7-23-14)8-15(27)24-13-4-3-11(19)6-12(13)17(20,21)22/h2-7H,8-9H2,1H3,(H,24,27)(H,23,25,28). The molecule has 1 aromatic heterocycles. The minimum Gasteiger partial charge on any atom is -0.324 e. The van der Waals surface area contributed by atoms with Gasteiger partial charge in [-0.3, -0.25) is 14.5 Å². The Labute approximate surface area is 172 Å². The van der Waals surface area contributed by atoms with E-state index in [0.29, 0.717) is 5.82 Å². The van der Waals surface area contributed by atoms with Gasteiger partial charge in [0.15, 0.2) is 0 Å². The molecule has 0 spiro atoms. The SMILES string of the molecule is CN(CC(=O)Nc1ccc(Br)cn1)CC(=O)Nc1ccc(Cl)cc1C(F)(F)F. The molecule has 0 radical (unpaired) electrons. The van der Waals surface area contributed by atoms with Crippen molar-refractivity contribution in [2.24, 2.45) is 0 Å². The highest BCUT2D eigenvalue weighted by Gasteiger charge is 2.34. The first-order valence-corrected chi connectivity index (χ1v) is 8.98. The van der Waals surface area contributed by atoms with Crippen LogP contribution >= 0.6 is 27.5 Å². The van der Waals surface area contributed by atoms with Gasteiger partial charge in [-0.25, -0.2) is 4.98 Å². The predicted molar refractivity (Wildman–Crippen MR) is 103 cm³/mol. The molecule has 0 aliphatic rings. The predicted octanol–water partition coefficient (Wildman–Crippen LogP) is 4.03. The first-order valence-electron chi connectivity index (χ1n) is 7.81. The smallest absolute Gasteiger partial charge is 0.324 e. The van der Waals surface area contributed by atoms with E-state index in [2.05, 4.69) is 31.5 Å². The number of hydrogen-bond donors (Lipinski definition) is 2. The van der Waals surface area contributed by atoms with Gasteiger partial charge in [0, 0.05) is 15.7 Å². The van der Waals surface area contributed by atoms with Crippen molar-refractivity contribution >= 4 is 50.9 Å². The summed E-state index contributed by atoms with van der Waals surface area (Å²) >= 11 is 8.82. The number of likely N-dealkylation sites (N-methyl/N-ethyl adjacent to an activating group) is 1. The van der Waals surface area contributed by atoms with Crippen molar-refractivity contribution in [2.75, 3.05) is 30.8 Å². The van der Waals surface area contributed by atoms with Crippen LogP contribution in [0, 0.1) is 0 Å². The first-order chi connectivity index (χ1) is 13.0. The lowest BCUT2D eigenvalue weighted by Crippen LogP contribution is -2.36. The van der Waals surface area contributed by atoms with Crippen LogP contribution in [-0.4, -0.2) is 41.8 Å². The van der Waals surface area contributed by atoms with Crippen molar-refractivity contribution in [3.63, 3.8) is 0 Å². The van der Waals surface area contributed by atoms with E-state index in [1.807, 2.05) is 0 Å². The molecule has 6 nitrogen and oxygen atoms in total. The van der Waals surface area contributed by atoms with Crippen LogP contribution in [0.2, 0.25) is 5.02 Å². The van der Waals surface area contributed by atoms with Gasteiger partial charge in [0.05, 0.1) is 24.3 Å². The number of carbonyl (C=O) groups is 2. The molecule has 0 unspecified atom stereocenters. The fourth-order valence-corrected chi connectivity index (χ4v) is 2.63. The fourth-order valence-electron chi connectivity index (χ4n) is 2.23. The Bertz CT molecular complexity index is 862. The minimum atomic E-state index is -4.67. The average molecular weight is 480 g/mol. The van der Waals surface area contributed by atoms with Gasteiger partial charge in [0.2, 0.25) is 11.8 Å². The van der Waals surface area contributed by atoms with Gasteiger partial charge in [0.1, 0.15) is 5.82 Å². The summed E-state index contributed by atoms with van der Waals surface area (Å²) in [5.74, 6) is -0.792. The molecule has 0 bridgehead atoms. The molecule has 0 saturated heterocycles. The number of benzene rings is 1. The third-order valence-corrected chi connectivity index (χ3v) is 4.09. The molecule has 28 heavy (non-hydrogen) atoms. The molecule has 0 fully saturated rings. The maximum atomic E-state index is 13.1. The number of alkyl halides is 3. The molecule has 0 aliphatic carbocycles. The van der Waals surface area contributed by atoms with Crippen molar-refractivity contribution in [1.82, 2.24) is 9.88 Å². The maximum Gasteiger partial charge on any atom is 0.418 e. The Morgan fingerprint density at radius 3 is 2.36 bits per heavy atom. The van der Waals surface area contributed by atoms with E-state index in [1.165, 1.54) is 24.2 Å². The van der Waals surface area contributed by atoms with Gasteiger partial charge in [-0.1, -0.05) is 11.6 Å². The summed E-state index contributed by atoms with van der Waals surface area (Å²) in [5, 5.41) is 4.65. The van der Waals surface area contributed by atoms with Crippen LogP contribution in [-0.2, 0) is 15.8 Å². The number of pyridine rings is 1. The van der Waals surface area contributed by atoms with E-state index in [4.69, 9.17) is 11.6 Å².